The molecule has 0 spiro atoms. The molecule has 4 heteroatoms. The fourth-order valence-electron chi connectivity index (χ4n) is 1.69. The summed E-state index contributed by atoms with van der Waals surface area (Å²) < 4.78 is 12.8. The highest BCUT2D eigenvalue weighted by Crippen LogP contribution is 2.26. The second-order valence-electron chi connectivity index (χ2n) is 4.34. The molecule has 17 heavy (non-hydrogen) atoms. The van der Waals surface area contributed by atoms with Crippen LogP contribution < -0.4 is 0 Å². The fourth-order valence-corrected chi connectivity index (χ4v) is 2.61. The van der Waals surface area contributed by atoms with Crippen molar-refractivity contribution < 1.29 is 9.50 Å². The van der Waals surface area contributed by atoms with Crippen LogP contribution in [0.4, 0.5) is 4.39 Å². The number of benzene rings is 1. The molecule has 0 aliphatic carbocycles. The number of aliphatic hydroxyl groups is 1. The van der Waals surface area contributed by atoms with Crippen molar-refractivity contribution in [1.29, 1.82) is 0 Å². The molecule has 0 radical (unpaired) electrons. The number of halogens is 1. The van der Waals surface area contributed by atoms with Crippen molar-refractivity contribution in [3.8, 4) is 0 Å². The fraction of sp³-hybridized carbons (Fsp3) is 0.308. The summed E-state index contributed by atoms with van der Waals surface area (Å²) in [5.41, 5.74) is 0.643. The van der Waals surface area contributed by atoms with Gasteiger partial charge in [0.1, 0.15) is 5.82 Å². The summed E-state index contributed by atoms with van der Waals surface area (Å²) in [4.78, 5) is 4.32. The zero-order valence-electron chi connectivity index (χ0n) is 9.77. The predicted octanol–water partition coefficient (Wildman–Crippen LogP) is 3.04. The molecule has 0 aliphatic rings. The maximum atomic E-state index is 12.8. The van der Waals surface area contributed by atoms with Crippen LogP contribution in [0.3, 0.4) is 0 Å². The average molecular weight is 251 g/mol. The van der Waals surface area contributed by atoms with E-state index in [0.29, 0.717) is 12.0 Å². The van der Waals surface area contributed by atoms with E-state index in [-0.39, 0.29) is 5.82 Å². The van der Waals surface area contributed by atoms with Gasteiger partial charge in [-0.3, -0.25) is 0 Å². The third-order valence-electron chi connectivity index (χ3n) is 2.63. The van der Waals surface area contributed by atoms with E-state index < -0.39 is 5.60 Å². The highest BCUT2D eigenvalue weighted by Gasteiger charge is 2.24. The Hall–Kier alpha value is -1.26. The quantitative estimate of drug-likeness (QED) is 0.909. The molecule has 1 aromatic heterocycles. The predicted molar refractivity (Wildman–Crippen MR) is 66.5 cm³/mol. The van der Waals surface area contributed by atoms with Gasteiger partial charge in [0.25, 0.3) is 0 Å². The Morgan fingerprint density at radius 3 is 2.53 bits per heavy atom. The molecule has 0 aliphatic heterocycles. The number of hydrogen-bond donors (Lipinski definition) is 1. The molecular formula is C13H14FNOS. The van der Waals surface area contributed by atoms with Crippen LogP contribution in [0.5, 0.6) is 0 Å². The van der Waals surface area contributed by atoms with Gasteiger partial charge in [-0.1, -0.05) is 12.1 Å². The summed E-state index contributed by atoms with van der Waals surface area (Å²) in [7, 11) is 0. The number of nitrogens with zero attached hydrogens (tertiary/aromatic N) is 1. The van der Waals surface area contributed by atoms with Crippen LogP contribution >= 0.6 is 11.3 Å². The lowest BCUT2D eigenvalue weighted by molar-refractivity contribution is 0.0575. The smallest absolute Gasteiger partial charge is 0.123 e. The summed E-state index contributed by atoms with van der Waals surface area (Å²) in [5, 5.41) is 13.2. The molecule has 2 rings (SSSR count). The molecule has 1 atom stereocenters. The van der Waals surface area contributed by atoms with E-state index in [1.54, 1.807) is 19.1 Å². The largest absolute Gasteiger partial charge is 0.385 e. The lowest BCUT2D eigenvalue weighted by atomic mass is 9.93. The third kappa shape index (κ3) is 2.90. The van der Waals surface area contributed by atoms with Crippen LogP contribution in [-0.4, -0.2) is 10.1 Å². The van der Waals surface area contributed by atoms with E-state index in [9.17, 15) is 9.50 Å². The average Bonchev–Trinajstić information content (AvgIpc) is 2.63. The highest BCUT2D eigenvalue weighted by atomic mass is 32.1. The van der Waals surface area contributed by atoms with E-state index in [1.165, 1.54) is 23.5 Å². The molecule has 0 saturated carbocycles. The highest BCUT2D eigenvalue weighted by molar-refractivity contribution is 7.09. The molecule has 1 aromatic carbocycles. The minimum absolute atomic E-state index is 0.297. The van der Waals surface area contributed by atoms with Gasteiger partial charge in [0.2, 0.25) is 0 Å². The lowest BCUT2D eigenvalue weighted by Crippen LogP contribution is -2.24. The molecule has 0 saturated heterocycles. The first kappa shape index (κ1) is 12.2. The van der Waals surface area contributed by atoms with Crippen LogP contribution in [0.15, 0.2) is 29.6 Å². The Bertz CT molecular complexity index is 504. The van der Waals surface area contributed by atoms with Crippen LogP contribution in [0.1, 0.15) is 23.2 Å². The number of thiazole rings is 1. The Balaban J connectivity index is 2.21. The van der Waals surface area contributed by atoms with Gasteiger partial charge in [0.05, 0.1) is 10.6 Å². The summed E-state index contributed by atoms with van der Waals surface area (Å²) in [6.07, 6.45) is 0.442. The number of aryl methyl sites for hydroxylation is 1. The molecular weight excluding hydrogens is 237 g/mol. The van der Waals surface area contributed by atoms with Crippen LogP contribution in [-0.2, 0) is 12.0 Å². The minimum Gasteiger partial charge on any atom is -0.385 e. The van der Waals surface area contributed by atoms with Crippen LogP contribution in [0.25, 0.3) is 0 Å². The topological polar surface area (TPSA) is 33.1 Å². The SMILES string of the molecule is Cc1csc(CC(C)(O)c2ccc(F)cc2)n1. The monoisotopic (exact) mass is 251 g/mol. The third-order valence-corrected chi connectivity index (χ3v) is 3.59. The zero-order chi connectivity index (χ0) is 12.5. The van der Waals surface area contributed by atoms with Crippen LogP contribution in [0, 0.1) is 12.7 Å². The minimum atomic E-state index is -1.02. The van der Waals surface area contributed by atoms with Gasteiger partial charge in [0, 0.05) is 17.5 Å². The summed E-state index contributed by atoms with van der Waals surface area (Å²) in [6, 6.07) is 5.93. The van der Waals surface area contributed by atoms with Gasteiger partial charge in [-0.05, 0) is 31.5 Å². The second kappa shape index (κ2) is 4.55. The van der Waals surface area contributed by atoms with E-state index in [2.05, 4.69) is 4.98 Å². The van der Waals surface area contributed by atoms with Gasteiger partial charge in [0.15, 0.2) is 0 Å². The Labute approximate surface area is 104 Å². The molecule has 1 heterocycles. The molecule has 90 valence electrons. The lowest BCUT2D eigenvalue weighted by Gasteiger charge is -2.22. The Morgan fingerprint density at radius 1 is 1.35 bits per heavy atom. The summed E-state index contributed by atoms with van der Waals surface area (Å²) in [6.45, 7) is 3.64. The van der Waals surface area contributed by atoms with E-state index in [0.717, 1.165) is 10.7 Å². The van der Waals surface area contributed by atoms with Gasteiger partial charge in [-0.2, -0.15) is 0 Å². The first-order chi connectivity index (χ1) is 7.97. The van der Waals surface area contributed by atoms with Crippen molar-refractivity contribution in [2.45, 2.75) is 25.9 Å². The summed E-state index contributed by atoms with van der Waals surface area (Å²) in [5.74, 6) is -0.297. The number of aromatic nitrogens is 1. The molecule has 1 N–H and O–H groups in total. The van der Waals surface area contributed by atoms with Crippen molar-refractivity contribution in [2.24, 2.45) is 0 Å². The number of rotatable bonds is 3. The van der Waals surface area contributed by atoms with Gasteiger partial charge in [-0.15, -0.1) is 11.3 Å². The Morgan fingerprint density at radius 2 is 2.00 bits per heavy atom. The Kier molecular flexibility index (Phi) is 3.26. The standard InChI is InChI=1S/C13H14FNOS/c1-9-8-17-12(15-9)7-13(2,16)10-3-5-11(14)6-4-10/h3-6,8,16H,7H2,1-2H3. The van der Waals surface area contributed by atoms with Gasteiger partial charge >= 0.3 is 0 Å². The normalized spacial score (nSPS) is 14.6. The molecule has 2 nitrogen and oxygen atoms in total. The molecule has 2 aromatic rings. The van der Waals surface area contributed by atoms with Gasteiger partial charge in [-0.25, -0.2) is 9.37 Å². The van der Waals surface area contributed by atoms with Crippen LogP contribution in [0.2, 0.25) is 0 Å². The van der Waals surface area contributed by atoms with Crippen molar-refractivity contribution >= 4 is 11.3 Å². The van der Waals surface area contributed by atoms with Crippen molar-refractivity contribution in [3.05, 3.63) is 51.7 Å². The molecule has 0 amide bonds. The maximum Gasteiger partial charge on any atom is 0.123 e. The first-order valence-corrected chi connectivity index (χ1v) is 6.25. The van der Waals surface area contributed by atoms with Crippen molar-refractivity contribution in [3.63, 3.8) is 0 Å². The van der Waals surface area contributed by atoms with Gasteiger partial charge < -0.3 is 5.11 Å². The van der Waals surface area contributed by atoms with E-state index in [4.69, 9.17) is 0 Å². The maximum absolute atomic E-state index is 12.8. The zero-order valence-corrected chi connectivity index (χ0v) is 10.6. The first-order valence-electron chi connectivity index (χ1n) is 5.37. The second-order valence-corrected chi connectivity index (χ2v) is 5.28. The molecule has 0 fully saturated rings. The van der Waals surface area contributed by atoms with Crippen molar-refractivity contribution in [1.82, 2.24) is 4.98 Å². The number of hydrogen-bond acceptors (Lipinski definition) is 3. The van der Waals surface area contributed by atoms with E-state index >= 15 is 0 Å². The molecule has 0 bridgehead atoms. The molecule has 1 unspecified atom stereocenters. The van der Waals surface area contributed by atoms with E-state index in [1.807, 2.05) is 12.3 Å². The van der Waals surface area contributed by atoms with Crippen molar-refractivity contribution in [2.75, 3.05) is 0 Å². The summed E-state index contributed by atoms with van der Waals surface area (Å²) >= 11 is 1.53.